The molecular weight excluding hydrogens is 192 g/mol. The molecule has 15 heavy (non-hydrogen) atoms. The van der Waals surface area contributed by atoms with Gasteiger partial charge in [0, 0.05) is 12.5 Å². The van der Waals surface area contributed by atoms with E-state index in [2.05, 4.69) is 0 Å². The fourth-order valence-corrected chi connectivity index (χ4v) is 1.19. The Morgan fingerprint density at radius 3 is 2.27 bits per heavy atom. The summed E-state index contributed by atoms with van der Waals surface area (Å²) in [5, 5.41) is 8.99. The Balaban J connectivity index is 2.43. The van der Waals surface area contributed by atoms with Gasteiger partial charge in [0.1, 0.15) is 11.5 Å². The van der Waals surface area contributed by atoms with Crippen molar-refractivity contribution in [2.45, 2.75) is 13.3 Å². The average Bonchev–Trinajstić information content (AvgIpc) is 2.31. The van der Waals surface area contributed by atoms with Gasteiger partial charge in [-0.05, 0) is 30.7 Å². The lowest BCUT2D eigenvalue weighted by molar-refractivity contribution is 0.159. The van der Waals surface area contributed by atoms with Crippen LogP contribution in [0.4, 0.5) is 0 Å². The molecule has 0 heterocycles. The molecule has 0 saturated heterocycles. The van der Waals surface area contributed by atoms with Crippen LogP contribution in [0.15, 0.2) is 24.3 Å². The van der Waals surface area contributed by atoms with Crippen LogP contribution in [0.3, 0.4) is 0 Å². The normalized spacial score (nSPS) is 12.2. The van der Waals surface area contributed by atoms with E-state index in [1.165, 1.54) is 0 Å². The first-order chi connectivity index (χ1) is 7.30. The first-order valence-corrected chi connectivity index (χ1v) is 5.17. The van der Waals surface area contributed by atoms with Gasteiger partial charge in [-0.1, -0.05) is 6.92 Å². The molecule has 1 aromatic carbocycles. The molecular formula is C12H18O3. The molecule has 0 fully saturated rings. The molecule has 0 aliphatic heterocycles. The zero-order valence-corrected chi connectivity index (χ0v) is 9.27. The monoisotopic (exact) mass is 210 g/mol. The number of rotatable bonds is 6. The molecule has 1 unspecified atom stereocenters. The first kappa shape index (κ1) is 11.9. The van der Waals surface area contributed by atoms with Crippen LogP contribution in [0.5, 0.6) is 11.5 Å². The summed E-state index contributed by atoms with van der Waals surface area (Å²) in [4.78, 5) is 0. The van der Waals surface area contributed by atoms with Crippen molar-refractivity contribution in [1.29, 1.82) is 0 Å². The Morgan fingerprint density at radius 1 is 1.20 bits per heavy atom. The van der Waals surface area contributed by atoms with Crippen LogP contribution in [-0.2, 0) is 0 Å². The Bertz CT molecular complexity index is 265. The van der Waals surface area contributed by atoms with Crippen LogP contribution in [-0.4, -0.2) is 25.4 Å². The van der Waals surface area contributed by atoms with Crippen molar-refractivity contribution >= 4 is 0 Å². The molecule has 1 atom stereocenters. The predicted molar refractivity (Wildman–Crippen MR) is 59.4 cm³/mol. The van der Waals surface area contributed by atoms with Crippen LogP contribution in [0.25, 0.3) is 0 Å². The Morgan fingerprint density at radius 2 is 1.80 bits per heavy atom. The van der Waals surface area contributed by atoms with Crippen LogP contribution in [0.1, 0.15) is 13.3 Å². The third-order valence-corrected chi connectivity index (χ3v) is 2.38. The standard InChI is InChI=1S/C12H18O3/c1-3-10(8-13)9-15-12-6-4-11(14-2)5-7-12/h4-7,10,13H,3,8-9H2,1-2H3. The third-order valence-electron chi connectivity index (χ3n) is 2.38. The fourth-order valence-electron chi connectivity index (χ4n) is 1.19. The van der Waals surface area contributed by atoms with Gasteiger partial charge < -0.3 is 14.6 Å². The molecule has 3 nitrogen and oxygen atoms in total. The lowest BCUT2D eigenvalue weighted by Gasteiger charge is -2.13. The smallest absolute Gasteiger partial charge is 0.119 e. The van der Waals surface area contributed by atoms with E-state index in [1.807, 2.05) is 31.2 Å². The molecule has 0 radical (unpaired) electrons. The number of methoxy groups -OCH3 is 1. The van der Waals surface area contributed by atoms with E-state index in [0.717, 1.165) is 17.9 Å². The molecule has 3 heteroatoms. The number of hydrogen-bond acceptors (Lipinski definition) is 3. The van der Waals surface area contributed by atoms with E-state index in [0.29, 0.717) is 6.61 Å². The number of ether oxygens (including phenoxy) is 2. The van der Waals surface area contributed by atoms with Gasteiger partial charge in [0.2, 0.25) is 0 Å². The summed E-state index contributed by atoms with van der Waals surface area (Å²) in [6.07, 6.45) is 0.923. The van der Waals surface area contributed by atoms with Crippen molar-refractivity contribution in [3.63, 3.8) is 0 Å². The molecule has 0 saturated carbocycles. The minimum absolute atomic E-state index is 0.173. The Kier molecular flexibility index (Phi) is 4.98. The number of benzene rings is 1. The van der Waals surface area contributed by atoms with Crippen molar-refractivity contribution < 1.29 is 14.6 Å². The summed E-state index contributed by atoms with van der Waals surface area (Å²) in [6, 6.07) is 7.44. The molecule has 0 aliphatic carbocycles. The minimum Gasteiger partial charge on any atom is -0.497 e. The fraction of sp³-hybridized carbons (Fsp3) is 0.500. The van der Waals surface area contributed by atoms with Gasteiger partial charge in [0.25, 0.3) is 0 Å². The summed E-state index contributed by atoms with van der Waals surface area (Å²) in [7, 11) is 1.63. The van der Waals surface area contributed by atoms with Crippen molar-refractivity contribution in [3.05, 3.63) is 24.3 Å². The van der Waals surface area contributed by atoms with Crippen LogP contribution in [0.2, 0.25) is 0 Å². The minimum atomic E-state index is 0.173. The zero-order valence-electron chi connectivity index (χ0n) is 9.27. The lowest BCUT2D eigenvalue weighted by atomic mass is 10.1. The molecule has 1 aromatic rings. The van der Waals surface area contributed by atoms with Gasteiger partial charge in [-0.2, -0.15) is 0 Å². The van der Waals surface area contributed by atoms with E-state index in [9.17, 15) is 0 Å². The van der Waals surface area contributed by atoms with Gasteiger partial charge in [0.15, 0.2) is 0 Å². The van der Waals surface area contributed by atoms with E-state index in [1.54, 1.807) is 7.11 Å². The highest BCUT2D eigenvalue weighted by molar-refractivity contribution is 5.31. The van der Waals surface area contributed by atoms with E-state index in [4.69, 9.17) is 14.6 Å². The summed E-state index contributed by atoms with van der Waals surface area (Å²) in [5.41, 5.74) is 0. The molecule has 0 spiro atoms. The summed E-state index contributed by atoms with van der Waals surface area (Å²) in [6.45, 7) is 2.77. The first-order valence-electron chi connectivity index (χ1n) is 5.17. The van der Waals surface area contributed by atoms with Crippen molar-refractivity contribution in [2.24, 2.45) is 5.92 Å². The Hall–Kier alpha value is -1.22. The molecule has 84 valence electrons. The molecule has 1 rings (SSSR count). The average molecular weight is 210 g/mol. The summed E-state index contributed by atoms with van der Waals surface area (Å²) in [5.74, 6) is 1.84. The van der Waals surface area contributed by atoms with Gasteiger partial charge in [-0.3, -0.25) is 0 Å². The molecule has 1 N–H and O–H groups in total. The zero-order chi connectivity index (χ0) is 11.1. The van der Waals surface area contributed by atoms with Crippen LogP contribution < -0.4 is 9.47 Å². The molecule has 0 bridgehead atoms. The largest absolute Gasteiger partial charge is 0.497 e. The SMILES string of the molecule is CCC(CO)COc1ccc(OC)cc1. The van der Waals surface area contributed by atoms with Gasteiger partial charge in [-0.25, -0.2) is 0 Å². The highest BCUT2D eigenvalue weighted by Crippen LogP contribution is 2.17. The lowest BCUT2D eigenvalue weighted by Crippen LogP contribution is -2.14. The van der Waals surface area contributed by atoms with Crippen LogP contribution in [0, 0.1) is 5.92 Å². The molecule has 0 amide bonds. The predicted octanol–water partition coefficient (Wildman–Crippen LogP) is 2.09. The van der Waals surface area contributed by atoms with Crippen molar-refractivity contribution in [1.82, 2.24) is 0 Å². The van der Waals surface area contributed by atoms with E-state index < -0.39 is 0 Å². The second kappa shape index (κ2) is 6.30. The quantitative estimate of drug-likeness (QED) is 0.781. The van der Waals surface area contributed by atoms with Gasteiger partial charge >= 0.3 is 0 Å². The maximum Gasteiger partial charge on any atom is 0.119 e. The number of aliphatic hydroxyl groups is 1. The highest BCUT2D eigenvalue weighted by Gasteiger charge is 2.05. The van der Waals surface area contributed by atoms with Crippen molar-refractivity contribution in [3.8, 4) is 11.5 Å². The second-order valence-electron chi connectivity index (χ2n) is 3.44. The van der Waals surface area contributed by atoms with Crippen LogP contribution >= 0.6 is 0 Å². The number of hydrogen-bond donors (Lipinski definition) is 1. The second-order valence-corrected chi connectivity index (χ2v) is 3.44. The van der Waals surface area contributed by atoms with E-state index in [-0.39, 0.29) is 12.5 Å². The summed E-state index contributed by atoms with van der Waals surface area (Å²) >= 11 is 0. The van der Waals surface area contributed by atoms with Gasteiger partial charge in [-0.15, -0.1) is 0 Å². The third kappa shape index (κ3) is 3.80. The maximum absolute atomic E-state index is 8.99. The van der Waals surface area contributed by atoms with Gasteiger partial charge in [0.05, 0.1) is 13.7 Å². The molecule has 0 aliphatic rings. The summed E-state index contributed by atoms with van der Waals surface area (Å²) < 4.78 is 10.6. The van der Waals surface area contributed by atoms with E-state index >= 15 is 0 Å². The van der Waals surface area contributed by atoms with Crippen molar-refractivity contribution in [2.75, 3.05) is 20.3 Å². The highest BCUT2D eigenvalue weighted by atomic mass is 16.5. The Labute approximate surface area is 90.6 Å². The topological polar surface area (TPSA) is 38.7 Å². The maximum atomic E-state index is 8.99. The molecule has 0 aromatic heterocycles. The number of aliphatic hydroxyl groups excluding tert-OH is 1.